The van der Waals surface area contributed by atoms with Gasteiger partial charge in [0.25, 0.3) is 0 Å². The van der Waals surface area contributed by atoms with E-state index in [-0.39, 0.29) is 5.54 Å². The van der Waals surface area contributed by atoms with Crippen LogP contribution in [0.25, 0.3) is 0 Å². The summed E-state index contributed by atoms with van der Waals surface area (Å²) in [6.45, 7) is 4.59. The molecule has 3 unspecified atom stereocenters. The van der Waals surface area contributed by atoms with Crippen LogP contribution in [0.4, 0.5) is 0 Å². The fraction of sp³-hybridized carbons (Fsp3) is 0.833. The summed E-state index contributed by atoms with van der Waals surface area (Å²) in [5.41, 5.74) is 7.49. The number of rotatable bonds is 2. The smallest absolute Gasteiger partial charge is 0.0845 e. The third-order valence-corrected chi connectivity index (χ3v) is 4.22. The highest BCUT2D eigenvalue weighted by Gasteiger charge is 2.38. The highest BCUT2D eigenvalue weighted by Crippen LogP contribution is 2.37. The maximum Gasteiger partial charge on any atom is 0.0845 e. The van der Waals surface area contributed by atoms with Crippen molar-refractivity contribution in [2.24, 2.45) is 24.6 Å². The van der Waals surface area contributed by atoms with Gasteiger partial charge in [-0.2, -0.15) is 0 Å². The van der Waals surface area contributed by atoms with Crippen LogP contribution in [0.1, 0.15) is 38.8 Å². The maximum absolute atomic E-state index is 6.56. The predicted octanol–water partition coefficient (Wildman–Crippen LogP) is 1.51. The normalized spacial score (nSPS) is 35.2. The zero-order valence-corrected chi connectivity index (χ0v) is 10.5. The summed E-state index contributed by atoms with van der Waals surface area (Å²) >= 11 is 0. The molecule has 1 fully saturated rings. The Balaban J connectivity index is 2.12. The van der Waals surface area contributed by atoms with E-state index in [1.54, 1.807) is 4.68 Å². The standard InChI is InChI=1S/C12H22N4/c1-9-5-4-6-12(13,10(9)2)7-11-8-16(3)15-14-11/h8-10H,4-7,13H2,1-3H3. The van der Waals surface area contributed by atoms with Crippen LogP contribution in [-0.4, -0.2) is 20.5 Å². The first-order chi connectivity index (χ1) is 7.51. The summed E-state index contributed by atoms with van der Waals surface area (Å²) in [7, 11) is 1.90. The topological polar surface area (TPSA) is 56.7 Å². The molecule has 1 heterocycles. The van der Waals surface area contributed by atoms with E-state index in [2.05, 4.69) is 24.2 Å². The van der Waals surface area contributed by atoms with E-state index in [9.17, 15) is 0 Å². The molecule has 0 bridgehead atoms. The molecule has 3 atom stereocenters. The van der Waals surface area contributed by atoms with E-state index in [0.717, 1.165) is 24.5 Å². The summed E-state index contributed by atoms with van der Waals surface area (Å²) in [6, 6.07) is 0. The van der Waals surface area contributed by atoms with Crippen molar-refractivity contribution in [3.63, 3.8) is 0 Å². The molecule has 0 radical (unpaired) electrons. The number of nitrogens with two attached hydrogens (primary N) is 1. The number of hydrogen-bond acceptors (Lipinski definition) is 3. The third kappa shape index (κ3) is 2.12. The molecular formula is C12H22N4. The molecule has 1 aromatic heterocycles. The van der Waals surface area contributed by atoms with Gasteiger partial charge in [0.2, 0.25) is 0 Å². The third-order valence-electron chi connectivity index (χ3n) is 4.22. The Hall–Kier alpha value is -0.900. The highest BCUT2D eigenvalue weighted by atomic mass is 15.4. The molecule has 4 heteroatoms. The second-order valence-corrected chi connectivity index (χ2v) is 5.45. The predicted molar refractivity (Wildman–Crippen MR) is 63.8 cm³/mol. The summed E-state index contributed by atoms with van der Waals surface area (Å²) in [5.74, 6) is 1.28. The fourth-order valence-electron chi connectivity index (χ4n) is 2.86. The fourth-order valence-corrected chi connectivity index (χ4v) is 2.86. The summed E-state index contributed by atoms with van der Waals surface area (Å²) in [4.78, 5) is 0. The molecule has 0 saturated heterocycles. The van der Waals surface area contributed by atoms with Crippen molar-refractivity contribution in [3.8, 4) is 0 Å². The SMILES string of the molecule is CC1CCCC(N)(Cc2cn(C)nn2)C1C. The lowest BCUT2D eigenvalue weighted by molar-refractivity contribution is 0.142. The van der Waals surface area contributed by atoms with Crippen molar-refractivity contribution in [3.05, 3.63) is 11.9 Å². The van der Waals surface area contributed by atoms with Crippen LogP contribution in [0, 0.1) is 11.8 Å². The van der Waals surface area contributed by atoms with Gasteiger partial charge in [-0.1, -0.05) is 31.9 Å². The Bertz CT molecular complexity index is 360. The molecule has 1 saturated carbocycles. The van der Waals surface area contributed by atoms with Crippen LogP contribution in [0.2, 0.25) is 0 Å². The Morgan fingerprint density at radius 1 is 1.56 bits per heavy atom. The van der Waals surface area contributed by atoms with Gasteiger partial charge in [-0.05, 0) is 18.3 Å². The summed E-state index contributed by atoms with van der Waals surface area (Å²) in [5, 5.41) is 8.12. The van der Waals surface area contributed by atoms with E-state index >= 15 is 0 Å². The number of nitrogens with zero attached hydrogens (tertiary/aromatic N) is 3. The molecule has 1 aliphatic carbocycles. The first-order valence-corrected chi connectivity index (χ1v) is 6.15. The largest absolute Gasteiger partial charge is 0.324 e. The Kier molecular flexibility index (Phi) is 3.02. The van der Waals surface area contributed by atoms with Gasteiger partial charge in [0.15, 0.2) is 0 Å². The Morgan fingerprint density at radius 2 is 2.31 bits per heavy atom. The number of hydrogen-bond donors (Lipinski definition) is 1. The van der Waals surface area contributed by atoms with Crippen LogP contribution < -0.4 is 5.73 Å². The van der Waals surface area contributed by atoms with Crippen molar-refractivity contribution < 1.29 is 0 Å². The van der Waals surface area contributed by atoms with Gasteiger partial charge >= 0.3 is 0 Å². The maximum atomic E-state index is 6.56. The first-order valence-electron chi connectivity index (χ1n) is 6.15. The van der Waals surface area contributed by atoms with Crippen molar-refractivity contribution >= 4 is 0 Å². The minimum absolute atomic E-state index is 0.0896. The van der Waals surface area contributed by atoms with E-state index < -0.39 is 0 Å². The van der Waals surface area contributed by atoms with E-state index in [1.807, 2.05) is 13.2 Å². The lowest BCUT2D eigenvalue weighted by Gasteiger charge is -2.43. The quantitative estimate of drug-likeness (QED) is 0.825. The molecule has 1 aromatic rings. The second kappa shape index (κ2) is 4.17. The summed E-state index contributed by atoms with van der Waals surface area (Å²) < 4.78 is 1.75. The van der Waals surface area contributed by atoms with Crippen LogP contribution >= 0.6 is 0 Å². The monoisotopic (exact) mass is 222 g/mol. The Labute approximate surface area is 97.2 Å². The molecule has 90 valence electrons. The molecule has 0 spiro atoms. The average Bonchev–Trinajstić information content (AvgIpc) is 2.60. The molecular weight excluding hydrogens is 200 g/mol. The number of aryl methyl sites for hydroxylation is 1. The van der Waals surface area contributed by atoms with Crippen molar-refractivity contribution in [2.45, 2.75) is 45.1 Å². The minimum Gasteiger partial charge on any atom is -0.324 e. The molecule has 0 aliphatic heterocycles. The van der Waals surface area contributed by atoms with Gasteiger partial charge in [0.05, 0.1) is 5.69 Å². The zero-order chi connectivity index (χ0) is 11.8. The lowest BCUT2D eigenvalue weighted by Crippen LogP contribution is -2.52. The molecule has 0 amide bonds. The highest BCUT2D eigenvalue weighted by molar-refractivity contribution is 5.05. The van der Waals surface area contributed by atoms with Gasteiger partial charge in [0, 0.05) is 25.2 Å². The molecule has 2 N–H and O–H groups in total. The van der Waals surface area contributed by atoms with Gasteiger partial charge in [0.1, 0.15) is 0 Å². The lowest BCUT2D eigenvalue weighted by atomic mass is 9.67. The van der Waals surface area contributed by atoms with Crippen LogP contribution in [0.3, 0.4) is 0 Å². The molecule has 0 aromatic carbocycles. The van der Waals surface area contributed by atoms with Gasteiger partial charge in [-0.25, -0.2) is 0 Å². The van der Waals surface area contributed by atoms with Gasteiger partial charge in [-0.15, -0.1) is 5.10 Å². The summed E-state index contributed by atoms with van der Waals surface area (Å²) in [6.07, 6.45) is 6.48. The number of aromatic nitrogens is 3. The van der Waals surface area contributed by atoms with Crippen molar-refractivity contribution in [1.29, 1.82) is 0 Å². The van der Waals surface area contributed by atoms with Crippen LogP contribution in [-0.2, 0) is 13.5 Å². The van der Waals surface area contributed by atoms with Gasteiger partial charge in [-0.3, -0.25) is 4.68 Å². The molecule has 2 rings (SSSR count). The first kappa shape index (κ1) is 11.6. The van der Waals surface area contributed by atoms with Crippen LogP contribution in [0.15, 0.2) is 6.20 Å². The van der Waals surface area contributed by atoms with E-state index in [0.29, 0.717) is 5.92 Å². The zero-order valence-electron chi connectivity index (χ0n) is 10.5. The van der Waals surface area contributed by atoms with Crippen molar-refractivity contribution in [1.82, 2.24) is 15.0 Å². The molecule has 4 nitrogen and oxygen atoms in total. The second-order valence-electron chi connectivity index (χ2n) is 5.45. The average molecular weight is 222 g/mol. The Morgan fingerprint density at radius 3 is 2.94 bits per heavy atom. The minimum atomic E-state index is -0.0896. The van der Waals surface area contributed by atoms with Crippen molar-refractivity contribution in [2.75, 3.05) is 0 Å². The molecule has 1 aliphatic rings. The van der Waals surface area contributed by atoms with Gasteiger partial charge < -0.3 is 5.73 Å². The van der Waals surface area contributed by atoms with E-state index in [4.69, 9.17) is 5.73 Å². The van der Waals surface area contributed by atoms with E-state index in [1.165, 1.54) is 12.8 Å². The molecule has 16 heavy (non-hydrogen) atoms. The van der Waals surface area contributed by atoms with Crippen LogP contribution in [0.5, 0.6) is 0 Å².